The predicted molar refractivity (Wildman–Crippen MR) is 113 cm³/mol. The summed E-state index contributed by atoms with van der Waals surface area (Å²) >= 11 is 1.88. The molecule has 4 rings (SSSR count). The molecule has 0 aliphatic carbocycles. The Morgan fingerprint density at radius 2 is 2.00 bits per heavy atom. The van der Waals surface area contributed by atoms with Crippen LogP contribution >= 0.6 is 11.8 Å². The lowest BCUT2D eigenvalue weighted by atomic mass is 10.1. The second-order valence-electron chi connectivity index (χ2n) is 6.96. The number of ether oxygens (including phenoxy) is 2. The third-order valence-corrected chi connectivity index (χ3v) is 6.17. The molecule has 1 aliphatic rings. The quantitative estimate of drug-likeness (QED) is 0.681. The van der Waals surface area contributed by atoms with Crippen molar-refractivity contribution < 1.29 is 14.3 Å². The van der Waals surface area contributed by atoms with Gasteiger partial charge in [0, 0.05) is 28.6 Å². The van der Waals surface area contributed by atoms with Gasteiger partial charge < -0.3 is 19.4 Å². The van der Waals surface area contributed by atoms with E-state index in [2.05, 4.69) is 35.0 Å². The molecule has 0 spiro atoms. The van der Waals surface area contributed by atoms with Crippen LogP contribution in [0.1, 0.15) is 23.0 Å². The van der Waals surface area contributed by atoms with Crippen molar-refractivity contribution >= 4 is 28.6 Å². The number of methoxy groups -OCH3 is 2. The van der Waals surface area contributed by atoms with Gasteiger partial charge in [0.15, 0.2) is 11.5 Å². The van der Waals surface area contributed by atoms with Gasteiger partial charge in [-0.15, -0.1) is 11.8 Å². The molecular weight excluding hydrogens is 372 g/mol. The Labute approximate surface area is 169 Å². The molecule has 2 heterocycles. The SMILES string of the molecule is COc1ccc(CCNC(=O)c2cc3cccc4c3n2C[C@@H](C)S4)cc1OC. The van der Waals surface area contributed by atoms with Gasteiger partial charge in [-0.1, -0.05) is 25.1 Å². The number of benzene rings is 2. The number of carbonyl (C=O) groups excluding carboxylic acids is 1. The van der Waals surface area contributed by atoms with Crippen LogP contribution in [0.2, 0.25) is 0 Å². The molecule has 0 saturated carbocycles. The first-order valence-electron chi connectivity index (χ1n) is 9.38. The van der Waals surface area contributed by atoms with Crippen LogP contribution in [0.5, 0.6) is 11.5 Å². The number of aromatic nitrogens is 1. The Morgan fingerprint density at radius 1 is 1.18 bits per heavy atom. The van der Waals surface area contributed by atoms with E-state index in [4.69, 9.17) is 9.47 Å². The molecule has 0 fully saturated rings. The van der Waals surface area contributed by atoms with E-state index < -0.39 is 0 Å². The van der Waals surface area contributed by atoms with E-state index in [1.165, 1.54) is 10.4 Å². The summed E-state index contributed by atoms with van der Waals surface area (Å²) in [5.41, 5.74) is 3.00. The van der Waals surface area contributed by atoms with Crippen LogP contribution in [0.15, 0.2) is 47.4 Å². The molecular formula is C22H24N2O3S. The topological polar surface area (TPSA) is 52.5 Å². The van der Waals surface area contributed by atoms with E-state index in [-0.39, 0.29) is 5.91 Å². The van der Waals surface area contributed by atoms with E-state index >= 15 is 0 Å². The normalized spacial score (nSPS) is 15.5. The van der Waals surface area contributed by atoms with Crippen LogP contribution in [0.25, 0.3) is 10.9 Å². The van der Waals surface area contributed by atoms with Crippen LogP contribution in [0.4, 0.5) is 0 Å². The molecule has 1 aliphatic heterocycles. The summed E-state index contributed by atoms with van der Waals surface area (Å²) in [5, 5.41) is 4.64. The minimum Gasteiger partial charge on any atom is -0.493 e. The van der Waals surface area contributed by atoms with Crippen LogP contribution in [-0.2, 0) is 13.0 Å². The summed E-state index contributed by atoms with van der Waals surface area (Å²) in [5.74, 6) is 1.38. The number of rotatable bonds is 6. The number of nitrogens with zero attached hydrogens (tertiary/aromatic N) is 1. The van der Waals surface area contributed by atoms with Crippen molar-refractivity contribution in [1.29, 1.82) is 0 Å². The Morgan fingerprint density at radius 3 is 2.79 bits per heavy atom. The van der Waals surface area contributed by atoms with Gasteiger partial charge in [-0.3, -0.25) is 4.79 Å². The first-order valence-corrected chi connectivity index (χ1v) is 10.3. The molecule has 1 N–H and O–H groups in total. The second-order valence-corrected chi connectivity index (χ2v) is 8.44. The van der Waals surface area contributed by atoms with Crippen molar-refractivity contribution in [1.82, 2.24) is 9.88 Å². The van der Waals surface area contributed by atoms with Crippen LogP contribution in [-0.4, -0.2) is 36.5 Å². The number of hydrogen-bond donors (Lipinski definition) is 1. The fraction of sp³-hybridized carbons (Fsp3) is 0.318. The highest BCUT2D eigenvalue weighted by atomic mass is 32.2. The molecule has 1 amide bonds. The first kappa shape index (κ1) is 18.7. The minimum atomic E-state index is -0.0262. The number of amides is 1. The van der Waals surface area contributed by atoms with Crippen LogP contribution in [0, 0.1) is 0 Å². The minimum absolute atomic E-state index is 0.0262. The van der Waals surface area contributed by atoms with Crippen molar-refractivity contribution in [2.24, 2.45) is 0 Å². The fourth-order valence-electron chi connectivity index (χ4n) is 3.72. The van der Waals surface area contributed by atoms with Crippen LogP contribution < -0.4 is 14.8 Å². The lowest BCUT2D eigenvalue weighted by molar-refractivity contribution is 0.0945. The average Bonchev–Trinajstić information content (AvgIpc) is 3.07. The maximum atomic E-state index is 12.9. The van der Waals surface area contributed by atoms with E-state index in [0.29, 0.717) is 23.3 Å². The number of thioether (sulfide) groups is 1. The average molecular weight is 397 g/mol. The molecule has 5 nitrogen and oxygen atoms in total. The third kappa shape index (κ3) is 3.44. The fourth-order valence-corrected chi connectivity index (χ4v) is 4.88. The van der Waals surface area contributed by atoms with E-state index in [9.17, 15) is 4.79 Å². The third-order valence-electron chi connectivity index (χ3n) is 5.03. The maximum absolute atomic E-state index is 12.9. The zero-order valence-electron chi connectivity index (χ0n) is 16.3. The molecule has 0 unspecified atom stereocenters. The molecule has 2 aromatic carbocycles. The number of para-hydroxylation sites is 1. The van der Waals surface area contributed by atoms with Crippen molar-refractivity contribution in [2.75, 3.05) is 20.8 Å². The summed E-state index contributed by atoms with van der Waals surface area (Å²) in [4.78, 5) is 14.1. The molecule has 28 heavy (non-hydrogen) atoms. The molecule has 6 heteroatoms. The Balaban J connectivity index is 1.48. The van der Waals surface area contributed by atoms with Gasteiger partial charge in [0.05, 0.1) is 19.7 Å². The maximum Gasteiger partial charge on any atom is 0.267 e. The molecule has 3 aromatic rings. The summed E-state index contributed by atoms with van der Waals surface area (Å²) in [6.45, 7) is 3.61. The summed E-state index contributed by atoms with van der Waals surface area (Å²) in [6.07, 6.45) is 0.726. The van der Waals surface area contributed by atoms with Crippen LogP contribution in [0.3, 0.4) is 0 Å². The van der Waals surface area contributed by atoms with Gasteiger partial charge in [0.2, 0.25) is 0 Å². The highest BCUT2D eigenvalue weighted by Gasteiger charge is 2.23. The lowest BCUT2D eigenvalue weighted by Gasteiger charge is -2.22. The standard InChI is InChI=1S/C22H24N2O3S/c1-14-13-24-17(12-16-5-4-6-20(28-14)21(16)24)22(25)23-10-9-15-7-8-18(26-2)19(11-15)27-3/h4-8,11-12,14H,9-10,13H2,1-3H3,(H,23,25)/t14-/m1/s1. The van der Waals surface area contributed by atoms with Gasteiger partial charge in [0.1, 0.15) is 5.69 Å². The molecule has 0 radical (unpaired) electrons. The predicted octanol–water partition coefficient (Wildman–Crippen LogP) is 4.13. The summed E-state index contributed by atoms with van der Waals surface area (Å²) < 4.78 is 12.8. The molecule has 0 bridgehead atoms. The van der Waals surface area contributed by atoms with Gasteiger partial charge in [-0.2, -0.15) is 0 Å². The lowest BCUT2D eigenvalue weighted by Crippen LogP contribution is -2.29. The van der Waals surface area contributed by atoms with Gasteiger partial charge in [-0.05, 0) is 36.2 Å². The summed E-state index contributed by atoms with van der Waals surface area (Å²) in [7, 11) is 3.25. The zero-order valence-corrected chi connectivity index (χ0v) is 17.1. The van der Waals surface area contributed by atoms with Crippen molar-refractivity contribution in [3.05, 3.63) is 53.7 Å². The molecule has 1 atom stereocenters. The highest BCUT2D eigenvalue weighted by molar-refractivity contribution is 8.00. The first-order chi connectivity index (χ1) is 13.6. The number of hydrogen-bond acceptors (Lipinski definition) is 4. The van der Waals surface area contributed by atoms with Gasteiger partial charge in [-0.25, -0.2) is 0 Å². The summed E-state index contributed by atoms with van der Waals surface area (Å²) in [6, 6.07) is 14.1. The molecule has 0 saturated heterocycles. The van der Waals surface area contributed by atoms with Gasteiger partial charge in [0.25, 0.3) is 5.91 Å². The molecule has 1 aromatic heterocycles. The van der Waals surface area contributed by atoms with E-state index in [1.807, 2.05) is 36.0 Å². The van der Waals surface area contributed by atoms with E-state index in [1.54, 1.807) is 14.2 Å². The smallest absolute Gasteiger partial charge is 0.267 e. The second kappa shape index (κ2) is 7.80. The largest absolute Gasteiger partial charge is 0.493 e. The number of carbonyl (C=O) groups is 1. The Hall–Kier alpha value is -2.60. The molecule has 146 valence electrons. The van der Waals surface area contributed by atoms with Crippen molar-refractivity contribution in [3.8, 4) is 11.5 Å². The van der Waals surface area contributed by atoms with E-state index in [0.717, 1.165) is 29.6 Å². The number of nitrogens with one attached hydrogen (secondary N) is 1. The van der Waals surface area contributed by atoms with Crippen molar-refractivity contribution in [3.63, 3.8) is 0 Å². The zero-order chi connectivity index (χ0) is 19.7. The Bertz CT molecular complexity index is 1030. The monoisotopic (exact) mass is 396 g/mol. The van der Waals surface area contributed by atoms with Gasteiger partial charge >= 0.3 is 0 Å². The van der Waals surface area contributed by atoms with Crippen molar-refractivity contribution in [2.45, 2.75) is 30.0 Å². The Kier molecular flexibility index (Phi) is 5.22. The highest BCUT2D eigenvalue weighted by Crippen LogP contribution is 2.38.